The Morgan fingerprint density at radius 1 is 0.750 bits per heavy atom. The number of aliphatic hydroxyl groups excluding tert-OH is 1. The van der Waals surface area contributed by atoms with Crippen LogP contribution in [-0.2, 0) is 30.4 Å². The van der Waals surface area contributed by atoms with Gasteiger partial charge in [0.1, 0.15) is 24.2 Å². The number of aliphatic carboxylic acids is 1. The summed E-state index contributed by atoms with van der Waals surface area (Å²) in [4.78, 5) is 67.4. The van der Waals surface area contributed by atoms with Gasteiger partial charge in [-0.25, -0.2) is 4.79 Å². The van der Waals surface area contributed by atoms with Crippen molar-refractivity contribution in [3.63, 3.8) is 0 Å². The molecular formula is C31H48N6O7. The predicted molar refractivity (Wildman–Crippen MR) is 166 cm³/mol. The fourth-order valence-electron chi connectivity index (χ4n) is 4.71. The van der Waals surface area contributed by atoms with E-state index in [1.54, 1.807) is 20.0 Å². The van der Waals surface area contributed by atoms with Crippen LogP contribution >= 0.6 is 0 Å². The Hall–Kier alpha value is -3.97. The van der Waals surface area contributed by atoms with E-state index in [1.165, 1.54) is 0 Å². The van der Waals surface area contributed by atoms with Crippen molar-refractivity contribution in [2.45, 2.75) is 91.0 Å². The monoisotopic (exact) mass is 616 g/mol. The number of carbonyl (C=O) groups excluding carboxylic acids is 4. The number of fused-ring (bicyclic) bond motifs is 1. The molecule has 0 aliphatic heterocycles. The van der Waals surface area contributed by atoms with E-state index >= 15 is 0 Å². The van der Waals surface area contributed by atoms with E-state index in [2.05, 4.69) is 26.3 Å². The average molecular weight is 617 g/mol. The van der Waals surface area contributed by atoms with E-state index in [0.717, 1.165) is 10.9 Å². The highest BCUT2D eigenvalue weighted by atomic mass is 16.4. The van der Waals surface area contributed by atoms with Gasteiger partial charge in [0.2, 0.25) is 23.6 Å². The van der Waals surface area contributed by atoms with E-state index < -0.39 is 66.4 Å². The molecule has 1 aromatic heterocycles. The van der Waals surface area contributed by atoms with Gasteiger partial charge >= 0.3 is 5.97 Å². The van der Waals surface area contributed by atoms with Crippen LogP contribution in [0.1, 0.15) is 59.9 Å². The van der Waals surface area contributed by atoms with Gasteiger partial charge in [-0.3, -0.25) is 19.2 Å². The van der Waals surface area contributed by atoms with Gasteiger partial charge in [-0.15, -0.1) is 0 Å². The van der Waals surface area contributed by atoms with Crippen LogP contribution in [0.4, 0.5) is 0 Å². The quantitative estimate of drug-likeness (QED) is 0.127. The lowest BCUT2D eigenvalue weighted by atomic mass is 9.98. The van der Waals surface area contributed by atoms with Crippen molar-refractivity contribution in [1.29, 1.82) is 0 Å². The number of aromatic nitrogens is 1. The number of nitrogens with one attached hydrogen (secondary N) is 5. The van der Waals surface area contributed by atoms with Crippen molar-refractivity contribution in [3.05, 3.63) is 36.0 Å². The molecule has 0 aliphatic rings. The molecule has 13 heteroatoms. The summed E-state index contributed by atoms with van der Waals surface area (Å²) >= 11 is 0. The number of amides is 4. The number of rotatable bonds is 17. The number of aliphatic hydroxyl groups is 1. The van der Waals surface area contributed by atoms with Crippen LogP contribution < -0.4 is 27.0 Å². The van der Waals surface area contributed by atoms with Crippen molar-refractivity contribution in [2.24, 2.45) is 23.5 Å². The molecule has 0 saturated carbocycles. The largest absolute Gasteiger partial charge is 0.480 e. The predicted octanol–water partition coefficient (Wildman–Crippen LogP) is 0.802. The average Bonchev–Trinajstić information content (AvgIpc) is 3.36. The first-order chi connectivity index (χ1) is 20.6. The number of carboxylic acid groups (broad SMARTS) is 1. The second kappa shape index (κ2) is 16.8. The summed E-state index contributed by atoms with van der Waals surface area (Å²) in [7, 11) is 0. The lowest BCUT2D eigenvalue weighted by Gasteiger charge is -2.27. The molecule has 2 aromatic rings. The maximum absolute atomic E-state index is 13.3. The van der Waals surface area contributed by atoms with Crippen LogP contribution in [0.25, 0.3) is 10.9 Å². The summed E-state index contributed by atoms with van der Waals surface area (Å²) < 4.78 is 0. The Morgan fingerprint density at radius 2 is 1.23 bits per heavy atom. The lowest BCUT2D eigenvalue weighted by Crippen LogP contribution is -2.59. The Balaban J connectivity index is 2.15. The van der Waals surface area contributed by atoms with Gasteiger partial charge in [0.05, 0.1) is 12.6 Å². The molecule has 0 unspecified atom stereocenters. The summed E-state index contributed by atoms with van der Waals surface area (Å²) in [5.74, 6) is -4.15. The minimum absolute atomic E-state index is 0.0348. The molecule has 9 N–H and O–H groups in total. The van der Waals surface area contributed by atoms with Crippen LogP contribution in [0, 0.1) is 17.8 Å². The van der Waals surface area contributed by atoms with Crippen molar-refractivity contribution in [1.82, 2.24) is 26.3 Å². The van der Waals surface area contributed by atoms with Gasteiger partial charge in [0.25, 0.3) is 0 Å². The molecule has 1 heterocycles. The van der Waals surface area contributed by atoms with Gasteiger partial charge in [-0.1, -0.05) is 59.7 Å². The molecule has 0 fully saturated rings. The molecule has 13 nitrogen and oxygen atoms in total. The van der Waals surface area contributed by atoms with Crippen molar-refractivity contribution < 1.29 is 34.2 Å². The maximum atomic E-state index is 13.3. The molecule has 244 valence electrons. The highest BCUT2D eigenvalue weighted by Gasteiger charge is 2.32. The number of aromatic amines is 1. The number of H-pyrrole nitrogens is 1. The smallest absolute Gasteiger partial charge is 0.326 e. The molecule has 5 atom stereocenters. The van der Waals surface area contributed by atoms with E-state index in [0.29, 0.717) is 12.0 Å². The number of carbonyl (C=O) groups is 5. The third-order valence-electron chi connectivity index (χ3n) is 7.23. The molecule has 2 rings (SSSR count). The standard InChI is InChI=1S/C31H48N6O7/c1-16(2)11-22(34-27(39)23(12-17(3)4)35-30(42)26(32)18(5)6)28(40)37-25(15-38)29(41)36-24(31(43)44)13-19-14-33-21-10-8-7-9-20(19)21/h7-10,14,16-18,22-26,33,38H,11-13,15,32H2,1-6H3,(H,34,39)(H,35,42)(H,36,41)(H,37,40)(H,43,44)/t22-,23-,24-,25-,26-/m0/s1. The first kappa shape index (κ1) is 36.2. The van der Waals surface area contributed by atoms with Gasteiger partial charge < -0.3 is 42.2 Å². The number of nitrogens with two attached hydrogens (primary N) is 1. The minimum Gasteiger partial charge on any atom is -0.480 e. The zero-order chi connectivity index (χ0) is 33.1. The fourth-order valence-corrected chi connectivity index (χ4v) is 4.71. The first-order valence-corrected chi connectivity index (χ1v) is 15.0. The van der Waals surface area contributed by atoms with Crippen LogP contribution in [0.2, 0.25) is 0 Å². The highest BCUT2D eigenvalue weighted by molar-refractivity contribution is 5.95. The van der Waals surface area contributed by atoms with E-state index in [9.17, 15) is 34.2 Å². The van der Waals surface area contributed by atoms with E-state index in [1.807, 2.05) is 52.0 Å². The van der Waals surface area contributed by atoms with Gasteiger partial charge in [-0.05, 0) is 42.2 Å². The maximum Gasteiger partial charge on any atom is 0.326 e. The molecule has 0 aliphatic carbocycles. The number of carboxylic acids is 1. The molecular weight excluding hydrogens is 568 g/mol. The summed E-state index contributed by atoms with van der Waals surface area (Å²) in [6, 6.07) is 1.65. The third kappa shape index (κ3) is 10.6. The number of benzene rings is 1. The molecule has 4 amide bonds. The minimum atomic E-state index is -1.48. The zero-order valence-corrected chi connectivity index (χ0v) is 26.3. The summed E-state index contributed by atoms with van der Waals surface area (Å²) in [6.45, 7) is 10.2. The molecule has 0 bridgehead atoms. The van der Waals surface area contributed by atoms with Crippen molar-refractivity contribution >= 4 is 40.5 Å². The Bertz CT molecular complexity index is 1290. The Labute approximate surface area is 258 Å². The first-order valence-electron chi connectivity index (χ1n) is 15.0. The number of hydrogen-bond acceptors (Lipinski definition) is 7. The Kier molecular flexibility index (Phi) is 13.8. The Morgan fingerprint density at radius 3 is 1.73 bits per heavy atom. The number of para-hydroxylation sites is 1. The topological polar surface area (TPSA) is 216 Å². The normalized spacial score (nSPS) is 15.0. The molecule has 0 radical (unpaired) electrons. The SMILES string of the molecule is CC(C)C[C@H](NC(=O)[C@H](CC(C)C)NC(=O)[C@@H](N)C(C)C)C(=O)N[C@@H](CO)C(=O)N[C@@H](Cc1c[nH]c2ccccc12)C(=O)O. The van der Waals surface area contributed by atoms with Crippen LogP contribution in [0.3, 0.4) is 0 Å². The van der Waals surface area contributed by atoms with E-state index in [4.69, 9.17) is 5.73 Å². The van der Waals surface area contributed by atoms with Gasteiger partial charge in [0.15, 0.2) is 0 Å². The van der Waals surface area contributed by atoms with Crippen LogP contribution in [-0.4, -0.2) is 81.6 Å². The van der Waals surface area contributed by atoms with E-state index in [-0.39, 0.29) is 30.6 Å². The van der Waals surface area contributed by atoms with Gasteiger partial charge in [0, 0.05) is 23.5 Å². The molecule has 0 spiro atoms. The second-order valence-corrected chi connectivity index (χ2v) is 12.4. The molecule has 0 saturated heterocycles. The van der Waals surface area contributed by atoms with Crippen LogP contribution in [0.5, 0.6) is 0 Å². The second-order valence-electron chi connectivity index (χ2n) is 12.4. The van der Waals surface area contributed by atoms with Crippen molar-refractivity contribution in [2.75, 3.05) is 6.61 Å². The summed E-state index contributed by atoms with van der Waals surface area (Å²) in [5, 5.41) is 30.8. The lowest BCUT2D eigenvalue weighted by molar-refractivity contribution is -0.142. The third-order valence-corrected chi connectivity index (χ3v) is 7.23. The van der Waals surface area contributed by atoms with Gasteiger partial charge in [-0.2, -0.15) is 0 Å². The fraction of sp³-hybridized carbons (Fsp3) is 0.581. The summed E-state index contributed by atoms with van der Waals surface area (Å²) in [5.41, 5.74) is 7.45. The zero-order valence-electron chi connectivity index (χ0n) is 26.3. The van der Waals surface area contributed by atoms with Crippen LogP contribution in [0.15, 0.2) is 30.5 Å². The number of hydrogen-bond donors (Lipinski definition) is 8. The molecule has 1 aromatic carbocycles. The molecule has 44 heavy (non-hydrogen) atoms. The summed E-state index contributed by atoms with van der Waals surface area (Å²) in [6.07, 6.45) is 2.13. The van der Waals surface area contributed by atoms with Crippen molar-refractivity contribution in [3.8, 4) is 0 Å². The highest BCUT2D eigenvalue weighted by Crippen LogP contribution is 2.19.